The lowest BCUT2D eigenvalue weighted by Crippen LogP contribution is -2.45. The number of carbonyl (C=O) groups excluding carboxylic acids is 1. The minimum Gasteiger partial charge on any atom is -0.508 e. The number of benzene rings is 3. The Kier molecular flexibility index (Phi) is 6.45. The molecule has 8 heteroatoms. The van der Waals surface area contributed by atoms with Crippen molar-refractivity contribution in [1.29, 1.82) is 0 Å². The predicted molar refractivity (Wildman–Crippen MR) is 145 cm³/mol. The van der Waals surface area contributed by atoms with Gasteiger partial charge in [0.05, 0.1) is 5.52 Å². The Bertz CT molecular complexity index is 1700. The number of phenolic OH excluding ortho intramolecular Hbond substituents is 1. The number of nitrogens with zero attached hydrogens (tertiary/aromatic N) is 3. The number of anilines is 1. The van der Waals surface area contributed by atoms with Crippen LogP contribution in [0.3, 0.4) is 0 Å². The van der Waals surface area contributed by atoms with Gasteiger partial charge < -0.3 is 14.8 Å². The summed E-state index contributed by atoms with van der Waals surface area (Å²) in [6, 6.07) is 22.5. The van der Waals surface area contributed by atoms with E-state index in [9.17, 15) is 24.6 Å². The van der Waals surface area contributed by atoms with Crippen LogP contribution in [0.5, 0.6) is 5.75 Å². The van der Waals surface area contributed by atoms with Crippen LogP contribution in [0.25, 0.3) is 27.7 Å². The Morgan fingerprint density at radius 3 is 2.24 bits per heavy atom. The van der Waals surface area contributed by atoms with E-state index in [2.05, 4.69) is 4.98 Å². The SMILES string of the molecule is C[C@@H](C(=O)O)N(C(=O)c1cn(-c2ccc(O)cc2)c2cc(-c3ccncc3)ccc2c1=O)c1ccccc1. The smallest absolute Gasteiger partial charge is 0.326 e. The maximum atomic E-state index is 13.9. The van der Waals surface area contributed by atoms with E-state index in [-0.39, 0.29) is 16.7 Å². The quantitative estimate of drug-likeness (QED) is 0.340. The third-order valence-corrected chi connectivity index (χ3v) is 6.37. The molecule has 0 spiro atoms. The van der Waals surface area contributed by atoms with Crippen LogP contribution in [0.2, 0.25) is 0 Å². The molecule has 2 N–H and O–H groups in total. The van der Waals surface area contributed by atoms with Crippen LogP contribution >= 0.6 is 0 Å². The molecule has 1 amide bonds. The molecule has 5 aromatic rings. The van der Waals surface area contributed by atoms with Crippen LogP contribution in [0.4, 0.5) is 5.69 Å². The van der Waals surface area contributed by atoms with Crippen LogP contribution in [-0.2, 0) is 4.79 Å². The van der Waals surface area contributed by atoms with Crippen molar-refractivity contribution >= 4 is 28.5 Å². The number of hydrogen-bond donors (Lipinski definition) is 2. The number of para-hydroxylation sites is 1. The highest BCUT2D eigenvalue weighted by molar-refractivity contribution is 6.10. The molecule has 8 nitrogen and oxygen atoms in total. The molecular formula is C30H23N3O5. The Balaban J connectivity index is 1.76. The molecule has 1 atom stereocenters. The molecule has 5 rings (SSSR count). The van der Waals surface area contributed by atoms with Gasteiger partial charge in [-0.1, -0.05) is 24.3 Å². The Labute approximate surface area is 217 Å². The first kappa shape index (κ1) is 24.5. The van der Waals surface area contributed by atoms with E-state index in [1.807, 2.05) is 18.2 Å². The van der Waals surface area contributed by atoms with Gasteiger partial charge in [-0.2, -0.15) is 0 Å². The third-order valence-electron chi connectivity index (χ3n) is 6.37. The topological polar surface area (TPSA) is 113 Å². The zero-order chi connectivity index (χ0) is 26.8. The molecule has 0 fully saturated rings. The average Bonchev–Trinajstić information content (AvgIpc) is 2.94. The van der Waals surface area contributed by atoms with E-state index in [0.717, 1.165) is 16.0 Å². The monoisotopic (exact) mass is 505 g/mol. The van der Waals surface area contributed by atoms with Crippen molar-refractivity contribution in [3.63, 3.8) is 0 Å². The van der Waals surface area contributed by atoms with Gasteiger partial charge in [0.1, 0.15) is 17.4 Å². The Hall–Kier alpha value is -5.24. The van der Waals surface area contributed by atoms with Gasteiger partial charge in [-0.05, 0) is 78.7 Å². The average molecular weight is 506 g/mol. The van der Waals surface area contributed by atoms with Crippen LogP contribution < -0.4 is 10.3 Å². The molecule has 0 unspecified atom stereocenters. The lowest BCUT2D eigenvalue weighted by atomic mass is 10.0. The number of rotatable bonds is 6. The summed E-state index contributed by atoms with van der Waals surface area (Å²) in [6.07, 6.45) is 4.78. The molecular weight excluding hydrogens is 482 g/mol. The second kappa shape index (κ2) is 10.0. The number of amides is 1. The number of aliphatic carboxylic acids is 1. The third kappa shape index (κ3) is 4.51. The fourth-order valence-corrected chi connectivity index (χ4v) is 4.37. The molecule has 3 aromatic carbocycles. The summed E-state index contributed by atoms with van der Waals surface area (Å²) in [5, 5.41) is 19.9. The number of carboxylic acids is 1. The van der Waals surface area contributed by atoms with Crippen molar-refractivity contribution < 1.29 is 19.8 Å². The van der Waals surface area contributed by atoms with Crippen molar-refractivity contribution in [2.45, 2.75) is 13.0 Å². The molecule has 0 aliphatic heterocycles. The number of aromatic nitrogens is 2. The Morgan fingerprint density at radius 2 is 1.58 bits per heavy atom. The van der Waals surface area contributed by atoms with E-state index in [1.165, 1.54) is 25.3 Å². The van der Waals surface area contributed by atoms with Gasteiger partial charge in [0.2, 0.25) is 5.43 Å². The number of pyridine rings is 2. The summed E-state index contributed by atoms with van der Waals surface area (Å²) >= 11 is 0. The van der Waals surface area contributed by atoms with Gasteiger partial charge in [-0.25, -0.2) is 4.79 Å². The van der Waals surface area contributed by atoms with Crippen molar-refractivity contribution in [3.8, 4) is 22.6 Å². The zero-order valence-corrected chi connectivity index (χ0v) is 20.4. The van der Waals surface area contributed by atoms with E-state index in [4.69, 9.17) is 0 Å². The maximum absolute atomic E-state index is 13.9. The first-order valence-electron chi connectivity index (χ1n) is 11.9. The molecule has 2 aromatic heterocycles. The Morgan fingerprint density at radius 1 is 0.895 bits per heavy atom. The predicted octanol–water partition coefficient (Wildman–Crippen LogP) is 4.88. The van der Waals surface area contributed by atoms with Crippen LogP contribution in [0, 0.1) is 0 Å². The summed E-state index contributed by atoms with van der Waals surface area (Å²) in [5.41, 5.74) is 2.55. The lowest BCUT2D eigenvalue weighted by molar-refractivity contribution is -0.138. The van der Waals surface area contributed by atoms with Crippen LogP contribution in [0.15, 0.2) is 108 Å². The number of fused-ring (bicyclic) bond motifs is 1. The summed E-state index contributed by atoms with van der Waals surface area (Å²) in [6.45, 7) is 1.40. The van der Waals surface area contributed by atoms with Crippen molar-refractivity contribution in [2.75, 3.05) is 4.90 Å². The maximum Gasteiger partial charge on any atom is 0.326 e. The van der Waals surface area contributed by atoms with E-state index < -0.39 is 23.3 Å². The van der Waals surface area contributed by atoms with Crippen molar-refractivity contribution in [2.24, 2.45) is 0 Å². The van der Waals surface area contributed by atoms with Gasteiger partial charge in [0, 0.05) is 35.4 Å². The fourth-order valence-electron chi connectivity index (χ4n) is 4.37. The molecule has 0 bridgehead atoms. The minimum atomic E-state index is -1.23. The van der Waals surface area contributed by atoms with Gasteiger partial charge >= 0.3 is 5.97 Å². The van der Waals surface area contributed by atoms with E-state index in [1.54, 1.807) is 71.6 Å². The van der Waals surface area contributed by atoms with Gasteiger partial charge in [0.25, 0.3) is 5.91 Å². The molecule has 2 heterocycles. The molecule has 188 valence electrons. The van der Waals surface area contributed by atoms with Gasteiger partial charge in [-0.15, -0.1) is 0 Å². The highest BCUT2D eigenvalue weighted by atomic mass is 16.4. The van der Waals surface area contributed by atoms with Crippen molar-refractivity contribution in [3.05, 3.63) is 119 Å². The zero-order valence-electron chi connectivity index (χ0n) is 20.4. The molecule has 0 saturated heterocycles. The van der Waals surface area contributed by atoms with E-state index in [0.29, 0.717) is 16.9 Å². The number of carbonyl (C=O) groups is 2. The number of carboxylic acid groups (broad SMARTS) is 1. The highest BCUT2D eigenvalue weighted by Gasteiger charge is 2.30. The van der Waals surface area contributed by atoms with E-state index >= 15 is 0 Å². The first-order valence-corrected chi connectivity index (χ1v) is 11.9. The summed E-state index contributed by atoms with van der Waals surface area (Å²) in [5.74, 6) is -1.87. The number of aromatic hydroxyl groups is 1. The number of hydrogen-bond acceptors (Lipinski definition) is 5. The number of phenols is 1. The fraction of sp³-hybridized carbons (Fsp3) is 0.0667. The summed E-state index contributed by atoms with van der Waals surface area (Å²) in [7, 11) is 0. The molecule has 38 heavy (non-hydrogen) atoms. The highest BCUT2D eigenvalue weighted by Crippen LogP contribution is 2.27. The summed E-state index contributed by atoms with van der Waals surface area (Å²) < 4.78 is 1.70. The molecule has 0 saturated carbocycles. The molecule has 0 radical (unpaired) electrons. The van der Waals surface area contributed by atoms with Gasteiger partial charge in [-0.3, -0.25) is 19.5 Å². The van der Waals surface area contributed by atoms with Crippen molar-refractivity contribution in [1.82, 2.24) is 9.55 Å². The van der Waals surface area contributed by atoms with Crippen LogP contribution in [0.1, 0.15) is 17.3 Å². The van der Waals surface area contributed by atoms with Gasteiger partial charge in [0.15, 0.2) is 0 Å². The second-order valence-electron chi connectivity index (χ2n) is 8.75. The molecule has 0 aliphatic carbocycles. The minimum absolute atomic E-state index is 0.0680. The first-order chi connectivity index (χ1) is 18.3. The lowest BCUT2D eigenvalue weighted by Gasteiger charge is -2.27. The normalized spacial score (nSPS) is 11.7. The standard InChI is InChI=1S/C30H23N3O5/c1-19(30(37)38)33(23-5-3-2-4-6-23)29(36)26-18-32(22-8-10-24(34)11-9-22)27-17-21(7-12-25(27)28(26)35)20-13-15-31-16-14-20/h2-19,34H,1H3,(H,37,38)/t19-/m0/s1. The largest absolute Gasteiger partial charge is 0.508 e. The summed E-state index contributed by atoms with van der Waals surface area (Å²) in [4.78, 5) is 44.7. The van der Waals surface area contributed by atoms with Crippen LogP contribution in [-0.4, -0.2) is 37.7 Å². The second-order valence-corrected chi connectivity index (χ2v) is 8.75. The molecule has 0 aliphatic rings.